The number of primary amides is 1. The van der Waals surface area contributed by atoms with E-state index >= 15 is 0 Å². The van der Waals surface area contributed by atoms with E-state index in [-0.39, 0.29) is 40.3 Å². The highest BCUT2D eigenvalue weighted by atomic mass is 79.9. The number of phenols is 1. The molecule has 1 aromatic carbocycles. The number of Topliss-reactive ketones (excluding diaryl/α,β-unsaturated/α-hetero) is 2. The standard InChI is InChI=1S/C21H22N2O7.BrH/c1-23(2)15-10-7-9-6-8-4-3-5-11(24)12(8)16(25)13(9)18(27)21(10,30)19(28)14(17(15)26)20(22)29;/h3-5,9-10,15,24-25,28,30H,6-7H2,1-2H3,(H2,22,29);1H. The lowest BCUT2D eigenvalue weighted by Gasteiger charge is -2.50. The fourth-order valence-corrected chi connectivity index (χ4v) is 5.18. The highest BCUT2D eigenvalue weighted by Crippen LogP contribution is 2.52. The largest absolute Gasteiger partial charge is 0.508 e. The Bertz CT molecular complexity index is 1080. The molecular formula is C21H23BrN2O7. The molecule has 166 valence electrons. The van der Waals surface area contributed by atoms with Crippen LogP contribution < -0.4 is 5.73 Å². The number of aromatic hydroxyl groups is 1. The average Bonchev–Trinajstić information content (AvgIpc) is 2.64. The zero-order valence-electron chi connectivity index (χ0n) is 16.8. The van der Waals surface area contributed by atoms with Crippen LogP contribution in [-0.2, 0) is 20.8 Å². The summed E-state index contributed by atoms with van der Waals surface area (Å²) < 4.78 is 0. The van der Waals surface area contributed by atoms with Crippen molar-refractivity contribution in [3.05, 3.63) is 46.2 Å². The van der Waals surface area contributed by atoms with E-state index in [1.165, 1.54) is 11.0 Å². The van der Waals surface area contributed by atoms with Gasteiger partial charge in [-0.1, -0.05) is 12.1 Å². The van der Waals surface area contributed by atoms with Gasteiger partial charge in [-0.15, -0.1) is 17.0 Å². The Kier molecular flexibility index (Phi) is 5.54. The van der Waals surface area contributed by atoms with Gasteiger partial charge in [0.05, 0.1) is 11.6 Å². The summed E-state index contributed by atoms with van der Waals surface area (Å²) in [4.78, 5) is 39.7. The summed E-state index contributed by atoms with van der Waals surface area (Å²) in [6.45, 7) is 0. The number of nitrogens with zero attached hydrogens (tertiary/aromatic N) is 1. The zero-order valence-corrected chi connectivity index (χ0v) is 18.5. The third-order valence-electron chi connectivity index (χ3n) is 6.46. The SMILES string of the molecule is Br.CN(C)C1C(=O)C(C(N)=O)=C(O)C2(O)C(=O)C3=C(O)c4c(O)cccc4CC3CC12. The Morgan fingerprint density at radius 2 is 1.84 bits per heavy atom. The lowest BCUT2D eigenvalue weighted by atomic mass is 9.57. The second-order valence-corrected chi connectivity index (χ2v) is 8.27. The highest BCUT2D eigenvalue weighted by Gasteiger charge is 2.64. The summed E-state index contributed by atoms with van der Waals surface area (Å²) >= 11 is 0. The minimum Gasteiger partial charge on any atom is -0.508 e. The van der Waals surface area contributed by atoms with Crippen LogP contribution >= 0.6 is 17.0 Å². The van der Waals surface area contributed by atoms with Gasteiger partial charge >= 0.3 is 0 Å². The third kappa shape index (κ3) is 2.93. The number of amides is 1. The van der Waals surface area contributed by atoms with Crippen LogP contribution in [0.1, 0.15) is 17.5 Å². The van der Waals surface area contributed by atoms with E-state index in [2.05, 4.69) is 0 Å². The molecule has 4 unspecified atom stereocenters. The van der Waals surface area contributed by atoms with Gasteiger partial charge in [0.2, 0.25) is 5.78 Å². The molecule has 1 amide bonds. The Morgan fingerprint density at radius 1 is 1.19 bits per heavy atom. The van der Waals surface area contributed by atoms with Gasteiger partial charge in [0, 0.05) is 11.5 Å². The molecule has 31 heavy (non-hydrogen) atoms. The van der Waals surface area contributed by atoms with Gasteiger partial charge in [-0.3, -0.25) is 19.3 Å². The zero-order chi connectivity index (χ0) is 22.1. The monoisotopic (exact) mass is 494 g/mol. The molecule has 0 aromatic heterocycles. The molecule has 0 bridgehead atoms. The minimum absolute atomic E-state index is 0. The number of ketones is 2. The van der Waals surface area contributed by atoms with Gasteiger partial charge in [0.25, 0.3) is 5.91 Å². The molecule has 3 aliphatic rings. The van der Waals surface area contributed by atoms with Crippen molar-refractivity contribution in [3.8, 4) is 5.75 Å². The molecule has 4 rings (SSSR count). The first-order valence-corrected chi connectivity index (χ1v) is 9.47. The number of phenolic OH excluding ortho intramolecular Hbond substituents is 1. The normalized spacial score (nSPS) is 29.9. The number of carbonyl (C=O) groups is 3. The molecule has 0 saturated heterocycles. The van der Waals surface area contributed by atoms with Crippen molar-refractivity contribution in [1.82, 2.24) is 4.90 Å². The number of benzene rings is 1. The number of fused-ring (bicyclic) bond motifs is 3. The van der Waals surface area contributed by atoms with Crippen LogP contribution in [0, 0.1) is 11.8 Å². The van der Waals surface area contributed by atoms with E-state index in [0.29, 0.717) is 12.0 Å². The molecule has 6 N–H and O–H groups in total. The van der Waals surface area contributed by atoms with Gasteiger partial charge in [0.1, 0.15) is 22.8 Å². The smallest absolute Gasteiger partial charge is 0.255 e. The second kappa shape index (κ2) is 7.47. The van der Waals surface area contributed by atoms with E-state index in [1.807, 2.05) is 0 Å². The van der Waals surface area contributed by atoms with Crippen LogP contribution in [0.2, 0.25) is 0 Å². The maximum atomic E-state index is 13.5. The molecule has 1 fully saturated rings. The summed E-state index contributed by atoms with van der Waals surface area (Å²) in [5, 5.41) is 43.1. The lowest BCUT2D eigenvalue weighted by molar-refractivity contribution is -0.153. The summed E-state index contributed by atoms with van der Waals surface area (Å²) in [5.74, 6) is -6.43. The van der Waals surface area contributed by atoms with E-state index in [1.54, 1.807) is 26.2 Å². The number of hydrogen-bond donors (Lipinski definition) is 5. The molecule has 1 aromatic rings. The second-order valence-electron chi connectivity index (χ2n) is 8.27. The first kappa shape index (κ1) is 23.0. The molecular weight excluding hydrogens is 472 g/mol. The topological polar surface area (TPSA) is 161 Å². The number of likely N-dealkylation sites (N-methyl/N-ethyl adjacent to an activating group) is 1. The fourth-order valence-electron chi connectivity index (χ4n) is 5.18. The van der Waals surface area contributed by atoms with Crippen molar-refractivity contribution in [1.29, 1.82) is 0 Å². The molecule has 4 atom stereocenters. The molecule has 0 heterocycles. The van der Waals surface area contributed by atoms with Crippen LogP contribution in [0.4, 0.5) is 0 Å². The Morgan fingerprint density at radius 3 is 2.42 bits per heavy atom. The highest BCUT2D eigenvalue weighted by molar-refractivity contribution is 8.93. The lowest BCUT2D eigenvalue weighted by Crippen LogP contribution is -2.65. The predicted molar refractivity (Wildman–Crippen MR) is 115 cm³/mol. The van der Waals surface area contributed by atoms with Crippen molar-refractivity contribution in [2.24, 2.45) is 17.6 Å². The number of halogens is 1. The van der Waals surface area contributed by atoms with Gasteiger partial charge < -0.3 is 26.2 Å². The van der Waals surface area contributed by atoms with Gasteiger partial charge in [-0.25, -0.2) is 0 Å². The van der Waals surface area contributed by atoms with Crippen molar-refractivity contribution >= 4 is 40.2 Å². The van der Waals surface area contributed by atoms with Crippen LogP contribution in [0.25, 0.3) is 5.76 Å². The summed E-state index contributed by atoms with van der Waals surface area (Å²) in [5.41, 5.74) is 2.41. The van der Waals surface area contributed by atoms with Crippen molar-refractivity contribution in [3.63, 3.8) is 0 Å². The van der Waals surface area contributed by atoms with Crippen molar-refractivity contribution in [2.45, 2.75) is 24.5 Å². The molecule has 3 aliphatic carbocycles. The predicted octanol–water partition coefficient (Wildman–Crippen LogP) is 0.542. The number of carbonyl (C=O) groups excluding carboxylic acids is 3. The van der Waals surface area contributed by atoms with Crippen LogP contribution in [0.5, 0.6) is 5.75 Å². The molecule has 1 saturated carbocycles. The number of aliphatic hydroxyl groups excluding tert-OH is 2. The number of nitrogens with two attached hydrogens (primary N) is 1. The average molecular weight is 495 g/mol. The van der Waals surface area contributed by atoms with Crippen LogP contribution in [0.15, 0.2) is 35.1 Å². The van der Waals surface area contributed by atoms with Gasteiger partial charge in [0.15, 0.2) is 11.4 Å². The van der Waals surface area contributed by atoms with Gasteiger partial charge in [-0.05, 0) is 44.5 Å². The molecule has 0 spiro atoms. The molecule has 9 nitrogen and oxygen atoms in total. The Balaban J connectivity index is 0.00000272. The van der Waals surface area contributed by atoms with Gasteiger partial charge in [-0.2, -0.15) is 0 Å². The maximum absolute atomic E-state index is 13.5. The minimum atomic E-state index is -2.60. The first-order valence-electron chi connectivity index (χ1n) is 9.47. The molecule has 0 radical (unpaired) electrons. The molecule has 0 aliphatic heterocycles. The fraction of sp³-hybridized carbons (Fsp3) is 0.381. The van der Waals surface area contributed by atoms with Crippen LogP contribution in [-0.4, -0.2) is 68.5 Å². The quantitative estimate of drug-likeness (QED) is 0.372. The summed E-state index contributed by atoms with van der Waals surface area (Å²) in [6, 6.07) is 3.62. The number of aliphatic hydroxyl groups is 3. The van der Waals surface area contributed by atoms with Crippen molar-refractivity contribution in [2.75, 3.05) is 14.1 Å². The summed E-state index contributed by atoms with van der Waals surface area (Å²) in [6.07, 6.45) is 0.379. The van der Waals surface area contributed by atoms with E-state index in [4.69, 9.17) is 5.73 Å². The van der Waals surface area contributed by atoms with Crippen LogP contribution in [0.3, 0.4) is 0 Å². The third-order valence-corrected chi connectivity index (χ3v) is 6.46. The van der Waals surface area contributed by atoms with E-state index < -0.39 is 58.0 Å². The first-order chi connectivity index (χ1) is 14.0. The molecule has 10 heteroatoms. The number of hydrogen-bond acceptors (Lipinski definition) is 8. The van der Waals surface area contributed by atoms with Crippen molar-refractivity contribution < 1.29 is 34.8 Å². The summed E-state index contributed by atoms with van der Waals surface area (Å²) in [7, 11) is 3.12. The number of rotatable bonds is 2. The Hall–Kier alpha value is -2.69. The maximum Gasteiger partial charge on any atom is 0.255 e. The van der Waals surface area contributed by atoms with E-state index in [9.17, 15) is 34.8 Å². The Labute approximate surface area is 188 Å². The van der Waals surface area contributed by atoms with E-state index in [0.717, 1.165) is 0 Å².